The van der Waals surface area contributed by atoms with Crippen LogP contribution in [-0.2, 0) is 36.8 Å². The van der Waals surface area contributed by atoms with Gasteiger partial charge in [-0.15, -0.1) is 11.3 Å². The lowest BCUT2D eigenvalue weighted by Crippen LogP contribution is -2.50. The molecule has 2 amide bonds. The highest BCUT2D eigenvalue weighted by atomic mass is 35.5. The SMILES string of the molecule is CCC(=O)C[C@H](Cc1nc2ccc(Cl)cc2s1)C(=O)N[C@H](C(=O)C[C@@H](CCCCN)C(=O)N[C@@H]1CCCc2ccccc21)C1CCOCC1. The molecule has 4 N–H and O–H groups in total. The smallest absolute Gasteiger partial charge is 0.224 e. The number of unbranched alkanes of at least 4 members (excludes halogenated alkanes) is 1. The van der Waals surface area contributed by atoms with Crippen molar-refractivity contribution in [2.75, 3.05) is 19.8 Å². The number of hydrogen-bond acceptors (Lipinski definition) is 8. The van der Waals surface area contributed by atoms with Gasteiger partial charge in [-0.25, -0.2) is 4.98 Å². The Kier molecular flexibility index (Phi) is 13.8. The molecule has 1 fully saturated rings. The number of fused-ring (bicyclic) bond motifs is 2. The van der Waals surface area contributed by atoms with E-state index >= 15 is 0 Å². The summed E-state index contributed by atoms with van der Waals surface area (Å²) in [6.07, 6.45) is 6.76. The molecule has 3 aromatic rings. The number of thiazole rings is 1. The van der Waals surface area contributed by atoms with Crippen molar-refractivity contribution in [3.63, 3.8) is 0 Å². The van der Waals surface area contributed by atoms with E-state index < -0.39 is 17.9 Å². The second-order valence-electron chi connectivity index (χ2n) is 13.5. The molecular weight excluding hydrogens is 660 g/mol. The average Bonchev–Trinajstić information content (AvgIpc) is 3.51. The Balaban J connectivity index is 1.34. The lowest BCUT2D eigenvalue weighted by Gasteiger charge is -2.32. The van der Waals surface area contributed by atoms with Crippen molar-refractivity contribution in [1.29, 1.82) is 0 Å². The minimum absolute atomic E-state index is 0.0181. The number of ether oxygens (including phenoxy) is 1. The maximum atomic E-state index is 14.3. The Hall–Kier alpha value is -3.18. The number of carbonyl (C=O) groups excluding carboxylic acids is 4. The zero-order valence-electron chi connectivity index (χ0n) is 28.4. The fourth-order valence-corrected chi connectivity index (χ4v) is 8.45. The normalized spacial score (nSPS) is 18.3. The van der Waals surface area contributed by atoms with E-state index in [-0.39, 0.29) is 54.6 Å². The number of aryl methyl sites for hydroxylation is 1. The molecule has 1 saturated heterocycles. The Labute approximate surface area is 298 Å². The van der Waals surface area contributed by atoms with Crippen LogP contribution in [0.3, 0.4) is 0 Å². The highest BCUT2D eigenvalue weighted by Gasteiger charge is 2.36. The van der Waals surface area contributed by atoms with Gasteiger partial charge in [0.2, 0.25) is 11.8 Å². The summed E-state index contributed by atoms with van der Waals surface area (Å²) in [5.74, 6) is -2.02. The molecule has 49 heavy (non-hydrogen) atoms. The molecule has 2 aliphatic rings. The maximum Gasteiger partial charge on any atom is 0.224 e. The summed E-state index contributed by atoms with van der Waals surface area (Å²) in [5, 5.41) is 7.70. The van der Waals surface area contributed by atoms with Crippen LogP contribution in [0.1, 0.15) is 93.3 Å². The van der Waals surface area contributed by atoms with Crippen molar-refractivity contribution in [1.82, 2.24) is 15.6 Å². The third-order valence-corrected chi connectivity index (χ3v) is 11.2. The van der Waals surface area contributed by atoms with E-state index in [1.165, 1.54) is 16.9 Å². The van der Waals surface area contributed by atoms with Gasteiger partial charge in [0.25, 0.3) is 0 Å². The summed E-state index contributed by atoms with van der Waals surface area (Å²) in [5.41, 5.74) is 8.98. The Morgan fingerprint density at radius 3 is 2.59 bits per heavy atom. The van der Waals surface area contributed by atoms with Crippen molar-refractivity contribution in [3.05, 3.63) is 63.6 Å². The zero-order valence-corrected chi connectivity index (χ0v) is 30.0. The van der Waals surface area contributed by atoms with Crippen LogP contribution in [0.15, 0.2) is 42.5 Å². The monoisotopic (exact) mass is 708 g/mol. The lowest BCUT2D eigenvalue weighted by molar-refractivity contribution is -0.135. The van der Waals surface area contributed by atoms with Gasteiger partial charge in [0.1, 0.15) is 5.78 Å². The van der Waals surface area contributed by atoms with E-state index in [4.69, 9.17) is 27.1 Å². The average molecular weight is 709 g/mol. The van der Waals surface area contributed by atoms with Crippen molar-refractivity contribution in [3.8, 4) is 0 Å². The first kappa shape index (κ1) is 37.1. The van der Waals surface area contributed by atoms with Crippen molar-refractivity contribution in [2.45, 2.75) is 96.1 Å². The van der Waals surface area contributed by atoms with Gasteiger partial charge in [0.05, 0.1) is 33.2 Å². The van der Waals surface area contributed by atoms with E-state index in [9.17, 15) is 19.2 Å². The van der Waals surface area contributed by atoms with Gasteiger partial charge in [-0.1, -0.05) is 49.2 Å². The summed E-state index contributed by atoms with van der Waals surface area (Å²) in [4.78, 5) is 59.6. The highest BCUT2D eigenvalue weighted by Crippen LogP contribution is 2.32. The van der Waals surface area contributed by atoms with Crippen LogP contribution in [0.5, 0.6) is 0 Å². The number of benzene rings is 2. The molecule has 0 spiro atoms. The maximum absolute atomic E-state index is 14.3. The van der Waals surface area contributed by atoms with Crippen LogP contribution in [-0.4, -0.2) is 54.2 Å². The second-order valence-corrected chi connectivity index (χ2v) is 15.0. The number of Topliss-reactive ketones (excluding diaryl/α,β-unsaturated/α-hetero) is 2. The molecule has 5 rings (SSSR count). The van der Waals surface area contributed by atoms with Gasteiger partial charge in [-0.05, 0) is 86.7 Å². The van der Waals surface area contributed by atoms with E-state index in [0.717, 1.165) is 52.9 Å². The molecule has 0 bridgehead atoms. The first-order valence-electron chi connectivity index (χ1n) is 17.8. The van der Waals surface area contributed by atoms with E-state index in [1.54, 1.807) is 13.0 Å². The van der Waals surface area contributed by atoms with Crippen LogP contribution in [0.25, 0.3) is 10.2 Å². The summed E-state index contributed by atoms with van der Waals surface area (Å²) >= 11 is 7.64. The number of nitrogens with two attached hydrogens (primary N) is 1. The summed E-state index contributed by atoms with van der Waals surface area (Å²) in [6.45, 7) is 3.29. The largest absolute Gasteiger partial charge is 0.381 e. The first-order valence-corrected chi connectivity index (χ1v) is 19.0. The Morgan fingerprint density at radius 1 is 1.02 bits per heavy atom. The van der Waals surface area contributed by atoms with Crippen LogP contribution < -0.4 is 16.4 Å². The summed E-state index contributed by atoms with van der Waals surface area (Å²) in [6, 6.07) is 12.8. The van der Waals surface area contributed by atoms with E-state index in [0.29, 0.717) is 50.5 Å². The molecule has 0 unspecified atom stereocenters. The van der Waals surface area contributed by atoms with Gasteiger partial charge in [-0.3, -0.25) is 19.2 Å². The quantitative estimate of drug-likeness (QED) is 0.140. The second kappa shape index (κ2) is 18.2. The number of rotatable bonds is 17. The molecule has 4 atom stereocenters. The van der Waals surface area contributed by atoms with Crippen LogP contribution in [0.4, 0.5) is 0 Å². The van der Waals surface area contributed by atoms with Crippen LogP contribution in [0.2, 0.25) is 5.02 Å². The number of hydrogen-bond donors (Lipinski definition) is 3. The third kappa shape index (κ3) is 10.2. The van der Waals surface area contributed by atoms with Crippen molar-refractivity contribution < 1.29 is 23.9 Å². The number of nitrogens with zero attached hydrogens (tertiary/aromatic N) is 1. The predicted molar refractivity (Wildman–Crippen MR) is 193 cm³/mol. The minimum Gasteiger partial charge on any atom is -0.381 e. The number of aromatic nitrogens is 1. The van der Waals surface area contributed by atoms with Gasteiger partial charge in [0, 0.05) is 49.8 Å². The molecule has 2 heterocycles. The lowest BCUT2D eigenvalue weighted by atomic mass is 9.83. The summed E-state index contributed by atoms with van der Waals surface area (Å²) < 4.78 is 6.51. The molecule has 1 aromatic heterocycles. The van der Waals surface area contributed by atoms with E-state index in [2.05, 4.69) is 22.8 Å². The topological polar surface area (TPSA) is 140 Å². The first-order chi connectivity index (χ1) is 23.7. The molecule has 2 aromatic carbocycles. The fourth-order valence-electron chi connectivity index (χ4n) is 7.13. The molecule has 0 saturated carbocycles. The highest BCUT2D eigenvalue weighted by molar-refractivity contribution is 7.18. The number of halogens is 1. The molecule has 1 aliphatic heterocycles. The van der Waals surface area contributed by atoms with Crippen LogP contribution in [0, 0.1) is 17.8 Å². The molecular formula is C38H49ClN4O5S. The van der Waals surface area contributed by atoms with Gasteiger partial charge in [-0.2, -0.15) is 0 Å². The minimum atomic E-state index is -0.787. The van der Waals surface area contributed by atoms with Crippen molar-refractivity contribution >= 4 is 56.5 Å². The molecule has 11 heteroatoms. The fraction of sp³-hybridized carbons (Fsp3) is 0.553. The molecule has 9 nitrogen and oxygen atoms in total. The number of nitrogens with one attached hydrogen (secondary N) is 2. The standard InChI is InChI=1S/C38H49ClN4O5S/c1-2-29(44)20-27(22-35-41-32-14-13-28(39)23-34(32)49-35)38(47)43-36(25-15-18-48-19-16-25)33(45)21-26(9-5-6-17-40)37(46)42-31-12-7-10-24-8-3-4-11-30(24)31/h3-4,8,11,13-14,23,25-27,31,36H,2,5-7,9-10,12,15-22,40H2,1H3,(H,42,46)(H,43,47)/t26-,27-,31-,36+/m1/s1. The zero-order chi connectivity index (χ0) is 34.8. The molecule has 1 aliphatic carbocycles. The van der Waals surface area contributed by atoms with Crippen molar-refractivity contribution in [2.24, 2.45) is 23.5 Å². The summed E-state index contributed by atoms with van der Waals surface area (Å²) in [7, 11) is 0. The van der Waals surface area contributed by atoms with E-state index in [1.807, 2.05) is 24.3 Å². The van der Waals surface area contributed by atoms with Gasteiger partial charge in [0.15, 0.2) is 5.78 Å². The van der Waals surface area contributed by atoms with Gasteiger partial charge >= 0.3 is 0 Å². The Morgan fingerprint density at radius 2 is 1.82 bits per heavy atom. The predicted octanol–water partition coefficient (Wildman–Crippen LogP) is 6.29. The Bertz CT molecular complexity index is 1610. The number of amides is 2. The number of carbonyl (C=O) groups is 4. The third-order valence-electron chi connectivity index (χ3n) is 9.95. The van der Waals surface area contributed by atoms with Crippen LogP contribution >= 0.6 is 22.9 Å². The molecule has 264 valence electrons. The van der Waals surface area contributed by atoms with Gasteiger partial charge < -0.3 is 21.1 Å². The molecule has 0 radical (unpaired) electrons. The number of ketones is 2.